The van der Waals surface area contributed by atoms with Gasteiger partial charge in [-0.1, -0.05) is 19.1 Å². The van der Waals surface area contributed by atoms with Crippen LogP contribution in [0.4, 0.5) is 5.69 Å². The highest BCUT2D eigenvalue weighted by molar-refractivity contribution is 9.10. The van der Waals surface area contributed by atoms with Gasteiger partial charge in [-0.2, -0.15) is 0 Å². The van der Waals surface area contributed by atoms with E-state index in [0.717, 1.165) is 38.7 Å². The molecule has 1 aromatic carbocycles. The van der Waals surface area contributed by atoms with Gasteiger partial charge in [0.05, 0.1) is 5.52 Å². The third kappa shape index (κ3) is 1.59. The summed E-state index contributed by atoms with van der Waals surface area (Å²) in [4.78, 5) is 4.64. The number of fused-ring (bicyclic) bond motifs is 1. The molecule has 2 aromatic rings. The number of aryl methyl sites for hydroxylation is 2. The minimum atomic E-state index is 0.866. The molecule has 0 bridgehead atoms. The fourth-order valence-corrected chi connectivity index (χ4v) is 2.47. The molecule has 0 amide bonds. The molecule has 84 valence electrons. The molecule has 0 aliphatic rings. The van der Waals surface area contributed by atoms with Crippen molar-refractivity contribution in [3.05, 3.63) is 33.4 Å². The second-order valence-electron chi connectivity index (χ2n) is 4.04. The first-order valence-electron chi connectivity index (χ1n) is 5.40. The van der Waals surface area contributed by atoms with Crippen LogP contribution in [0.2, 0.25) is 0 Å². The molecule has 2 N–H and O–H groups in total. The van der Waals surface area contributed by atoms with Crippen LogP contribution in [-0.4, -0.2) is 4.98 Å². The van der Waals surface area contributed by atoms with Gasteiger partial charge >= 0.3 is 0 Å². The molecule has 0 radical (unpaired) electrons. The van der Waals surface area contributed by atoms with Crippen LogP contribution in [0.1, 0.15) is 23.7 Å². The van der Waals surface area contributed by atoms with Crippen LogP contribution in [0.3, 0.4) is 0 Å². The van der Waals surface area contributed by atoms with Gasteiger partial charge in [0.25, 0.3) is 0 Å². The summed E-state index contributed by atoms with van der Waals surface area (Å²) in [5, 5.41) is 1.04. The standard InChI is InChI=1S/C13H15BrN2/c1-4-9-8(3)16-13-10(12(9)15)6-5-7(2)11(13)14/h5-6H,4H2,1-3H3,(H2,15,16). The molecule has 0 aliphatic carbocycles. The number of anilines is 1. The van der Waals surface area contributed by atoms with Crippen LogP contribution >= 0.6 is 15.9 Å². The summed E-state index contributed by atoms with van der Waals surface area (Å²) < 4.78 is 1.04. The SMILES string of the molecule is CCc1c(C)nc2c(Br)c(C)ccc2c1N. The van der Waals surface area contributed by atoms with Gasteiger partial charge in [0.2, 0.25) is 0 Å². The van der Waals surface area contributed by atoms with Crippen LogP contribution < -0.4 is 5.73 Å². The monoisotopic (exact) mass is 278 g/mol. The Bertz CT molecular complexity index is 562. The van der Waals surface area contributed by atoms with E-state index in [9.17, 15) is 0 Å². The minimum absolute atomic E-state index is 0.866. The predicted octanol–water partition coefficient (Wildman–Crippen LogP) is 3.76. The molecule has 0 saturated carbocycles. The van der Waals surface area contributed by atoms with Crippen LogP contribution in [0.5, 0.6) is 0 Å². The number of halogens is 1. The smallest absolute Gasteiger partial charge is 0.0870 e. The summed E-state index contributed by atoms with van der Waals surface area (Å²) in [6.45, 7) is 6.18. The molecule has 0 atom stereocenters. The molecule has 0 spiro atoms. The van der Waals surface area contributed by atoms with E-state index in [0.29, 0.717) is 0 Å². The van der Waals surface area contributed by atoms with Gasteiger partial charge in [0.1, 0.15) is 0 Å². The third-order valence-electron chi connectivity index (χ3n) is 2.99. The van der Waals surface area contributed by atoms with Gasteiger partial charge in [-0.3, -0.25) is 4.98 Å². The Morgan fingerprint density at radius 2 is 2.00 bits per heavy atom. The number of rotatable bonds is 1. The molecule has 0 aliphatic heterocycles. The van der Waals surface area contributed by atoms with E-state index in [1.54, 1.807) is 0 Å². The second kappa shape index (κ2) is 4.06. The molecule has 0 unspecified atom stereocenters. The lowest BCUT2D eigenvalue weighted by Gasteiger charge is -2.12. The van der Waals surface area contributed by atoms with E-state index >= 15 is 0 Å². The second-order valence-corrected chi connectivity index (χ2v) is 4.83. The zero-order chi connectivity index (χ0) is 11.9. The highest BCUT2D eigenvalue weighted by Gasteiger charge is 2.11. The topological polar surface area (TPSA) is 38.9 Å². The van der Waals surface area contributed by atoms with Crippen LogP contribution in [0.25, 0.3) is 10.9 Å². The maximum Gasteiger partial charge on any atom is 0.0870 e. The van der Waals surface area contributed by atoms with Crippen LogP contribution in [0.15, 0.2) is 16.6 Å². The van der Waals surface area contributed by atoms with Gasteiger partial charge in [-0.15, -0.1) is 0 Å². The van der Waals surface area contributed by atoms with Crippen molar-refractivity contribution in [1.82, 2.24) is 4.98 Å². The van der Waals surface area contributed by atoms with Gasteiger partial charge in [0.15, 0.2) is 0 Å². The first-order valence-corrected chi connectivity index (χ1v) is 6.19. The number of hydrogen-bond donors (Lipinski definition) is 1. The van der Waals surface area contributed by atoms with Gasteiger partial charge < -0.3 is 5.73 Å². The fraction of sp³-hybridized carbons (Fsp3) is 0.308. The molecule has 1 aromatic heterocycles. The van der Waals surface area contributed by atoms with E-state index in [1.807, 2.05) is 6.92 Å². The van der Waals surface area contributed by atoms with Crippen molar-refractivity contribution < 1.29 is 0 Å². The lowest BCUT2D eigenvalue weighted by molar-refractivity contribution is 1.07. The summed E-state index contributed by atoms with van der Waals surface area (Å²) in [6.07, 6.45) is 0.923. The lowest BCUT2D eigenvalue weighted by Crippen LogP contribution is -2.01. The van der Waals surface area contributed by atoms with Crippen molar-refractivity contribution in [3.63, 3.8) is 0 Å². The summed E-state index contributed by atoms with van der Waals surface area (Å²) >= 11 is 3.58. The van der Waals surface area contributed by atoms with Crippen molar-refractivity contribution in [2.45, 2.75) is 27.2 Å². The number of benzene rings is 1. The van der Waals surface area contributed by atoms with E-state index < -0.39 is 0 Å². The Labute approximate surface area is 104 Å². The number of nitrogens with zero attached hydrogens (tertiary/aromatic N) is 1. The maximum atomic E-state index is 6.19. The van der Waals surface area contributed by atoms with Crippen molar-refractivity contribution in [3.8, 4) is 0 Å². The molecule has 0 fully saturated rings. The number of nitrogens with two attached hydrogens (primary N) is 1. The molecule has 1 heterocycles. The van der Waals surface area contributed by atoms with Crippen molar-refractivity contribution in [2.24, 2.45) is 0 Å². The maximum absolute atomic E-state index is 6.19. The number of aromatic nitrogens is 1. The first-order chi connectivity index (χ1) is 7.56. The predicted molar refractivity (Wildman–Crippen MR) is 72.7 cm³/mol. The summed E-state index contributed by atoms with van der Waals surface area (Å²) in [7, 11) is 0. The molecular weight excluding hydrogens is 264 g/mol. The Balaban J connectivity index is 2.92. The Morgan fingerprint density at radius 3 is 2.62 bits per heavy atom. The van der Waals surface area contributed by atoms with E-state index in [4.69, 9.17) is 5.73 Å². The van der Waals surface area contributed by atoms with Gasteiger partial charge in [-0.25, -0.2) is 0 Å². The molecular formula is C13H15BrN2. The highest BCUT2D eigenvalue weighted by atomic mass is 79.9. The van der Waals surface area contributed by atoms with Crippen LogP contribution in [-0.2, 0) is 6.42 Å². The largest absolute Gasteiger partial charge is 0.398 e. The summed E-state index contributed by atoms with van der Waals surface area (Å²) in [5.41, 5.74) is 11.4. The third-order valence-corrected chi connectivity index (χ3v) is 4.00. The number of pyridine rings is 1. The lowest BCUT2D eigenvalue weighted by atomic mass is 10.0. The number of hydrogen-bond acceptors (Lipinski definition) is 2. The quantitative estimate of drug-likeness (QED) is 0.863. The van der Waals surface area contributed by atoms with E-state index in [-0.39, 0.29) is 0 Å². The minimum Gasteiger partial charge on any atom is -0.398 e. The van der Waals surface area contributed by atoms with Crippen LogP contribution in [0, 0.1) is 13.8 Å². The molecule has 0 saturated heterocycles. The van der Waals surface area contributed by atoms with Gasteiger partial charge in [-0.05, 0) is 47.3 Å². The fourth-order valence-electron chi connectivity index (χ4n) is 2.03. The average molecular weight is 279 g/mol. The Hall–Kier alpha value is -1.09. The highest BCUT2D eigenvalue weighted by Crippen LogP contribution is 2.32. The zero-order valence-electron chi connectivity index (χ0n) is 9.76. The van der Waals surface area contributed by atoms with Gasteiger partial charge in [0, 0.05) is 21.2 Å². The zero-order valence-corrected chi connectivity index (χ0v) is 11.4. The summed E-state index contributed by atoms with van der Waals surface area (Å²) in [5.74, 6) is 0. The molecule has 2 rings (SSSR count). The number of nitrogen functional groups attached to an aromatic ring is 1. The molecule has 2 nitrogen and oxygen atoms in total. The van der Waals surface area contributed by atoms with Crippen molar-refractivity contribution in [2.75, 3.05) is 5.73 Å². The summed E-state index contributed by atoms with van der Waals surface area (Å²) in [6, 6.07) is 4.12. The molecule has 16 heavy (non-hydrogen) atoms. The van der Waals surface area contributed by atoms with E-state index in [2.05, 4.69) is 46.9 Å². The van der Waals surface area contributed by atoms with Crippen molar-refractivity contribution in [1.29, 1.82) is 0 Å². The Morgan fingerprint density at radius 1 is 1.31 bits per heavy atom. The van der Waals surface area contributed by atoms with E-state index in [1.165, 1.54) is 5.56 Å². The Kier molecular flexibility index (Phi) is 2.89. The average Bonchev–Trinajstić information content (AvgIpc) is 2.25. The normalized spacial score (nSPS) is 11.0. The van der Waals surface area contributed by atoms with Crippen molar-refractivity contribution >= 4 is 32.5 Å². The molecule has 3 heteroatoms. The first kappa shape index (κ1) is 11.4.